The molecule has 0 amide bonds. The molecule has 1 heteroatoms. The van der Waals surface area contributed by atoms with Gasteiger partial charge in [0.2, 0.25) is 0 Å². The molecular formula is C7H8O. The van der Waals surface area contributed by atoms with E-state index in [9.17, 15) is 0 Å². The second-order valence-corrected chi connectivity index (χ2v) is 1.20. The molecule has 8 heavy (non-hydrogen) atoms. The van der Waals surface area contributed by atoms with Crippen LogP contribution in [0, 0.1) is 6.85 Å². The lowest BCUT2D eigenvalue weighted by atomic mass is 10.2. The van der Waals surface area contributed by atoms with Crippen LogP contribution >= 0.6 is 0 Å². The van der Waals surface area contributed by atoms with E-state index < -0.39 is 42.3 Å². The third kappa shape index (κ3) is 0.997. The third-order valence-corrected chi connectivity index (χ3v) is 0.602. The number of phenolic OH excluding ortho intramolecular Hbond substituents is 1. The van der Waals surface area contributed by atoms with Crippen LogP contribution < -0.4 is 0 Å². The summed E-state index contributed by atoms with van der Waals surface area (Å²) in [5, 5.41) is 3.96. The highest BCUT2D eigenvalue weighted by molar-refractivity contribution is 5.24. The molecule has 0 saturated carbocycles. The molecule has 0 aromatic heterocycles. The van der Waals surface area contributed by atoms with Gasteiger partial charge in [0.1, 0.15) is 5.75 Å². The molecular weight excluding hydrogens is 100 g/mol. The molecule has 1 N–H and O–H groups in total. The molecule has 0 unspecified atom stereocenters. The summed E-state index contributed by atoms with van der Waals surface area (Å²) in [5.41, 5.74) is -0.664. The minimum Gasteiger partial charge on any atom is -0.508 e. The summed E-state index contributed by atoms with van der Waals surface area (Å²) in [7, 11) is 0. The number of benzene rings is 1. The number of rotatable bonds is 1. The Bertz CT molecular complexity index is 394. The van der Waals surface area contributed by atoms with E-state index in [2.05, 4.69) is 5.11 Å². The minimum atomic E-state index is -2.74. The van der Waals surface area contributed by atoms with E-state index >= 15 is 0 Å². The summed E-state index contributed by atoms with van der Waals surface area (Å²) in [6, 6.07) is -2.74. The maximum absolute atomic E-state index is 7.42. The number of hydrogen-bond acceptors (Lipinski definition) is 1. The Morgan fingerprint density at radius 2 is 2.38 bits per heavy atom. The average molecular weight is 116 g/mol. The van der Waals surface area contributed by atoms with E-state index in [0.717, 1.165) is 0 Å². The second-order valence-electron chi connectivity index (χ2n) is 1.20. The number of aromatic hydroxyl groups is 1. The SMILES string of the molecule is [2H]Oc1c([2H])c([2H])c(C([2H])([2H])[2H])c([2H])c1[2H]. The molecule has 0 spiro atoms. The Hall–Kier alpha value is -0.980. The highest BCUT2D eigenvalue weighted by Crippen LogP contribution is 2.07. The van der Waals surface area contributed by atoms with Gasteiger partial charge in [0.25, 0.3) is 1.43 Å². The first kappa shape index (κ1) is 1.13. The van der Waals surface area contributed by atoms with E-state index in [1.807, 2.05) is 0 Å². The Morgan fingerprint density at radius 1 is 1.62 bits per heavy atom. The molecule has 1 aromatic carbocycles. The Balaban J connectivity index is 3.67. The zero-order valence-electron chi connectivity index (χ0n) is 11.9. The molecule has 0 bridgehead atoms. The fourth-order valence-electron chi connectivity index (χ4n) is 0.301. The van der Waals surface area contributed by atoms with Crippen molar-refractivity contribution >= 4 is 0 Å². The van der Waals surface area contributed by atoms with Gasteiger partial charge in [-0.3, -0.25) is 0 Å². The Labute approximate surface area is 59.9 Å². The molecule has 1 rings (SSSR count). The van der Waals surface area contributed by atoms with Crippen LogP contribution in [0.25, 0.3) is 0 Å². The fraction of sp³-hybridized carbons (Fsp3) is 0.143. The van der Waals surface area contributed by atoms with Crippen LogP contribution in [0.3, 0.4) is 0 Å². The highest BCUT2D eigenvalue weighted by atomic mass is 16.3. The van der Waals surface area contributed by atoms with Crippen LogP contribution in [0.4, 0.5) is 0 Å². The quantitative estimate of drug-likeness (QED) is 0.592. The van der Waals surface area contributed by atoms with Crippen LogP contribution in [0.1, 0.15) is 15.2 Å². The third-order valence-electron chi connectivity index (χ3n) is 0.602. The van der Waals surface area contributed by atoms with Gasteiger partial charge in [-0.05, 0) is 18.9 Å². The van der Waals surface area contributed by atoms with E-state index in [0.29, 0.717) is 0 Å². The molecule has 0 heterocycles. The second kappa shape index (κ2) is 1.86. The first-order chi connectivity index (χ1) is 7.21. The maximum atomic E-state index is 7.42. The van der Waals surface area contributed by atoms with Crippen LogP contribution in [-0.2, 0) is 0 Å². The van der Waals surface area contributed by atoms with E-state index in [-0.39, 0.29) is 0 Å². The first-order valence-electron chi connectivity index (χ1n) is 5.86. The summed E-state index contributed by atoms with van der Waals surface area (Å²) in [5.74, 6) is -0.581. The van der Waals surface area contributed by atoms with Crippen molar-refractivity contribution in [1.29, 1.82) is 1.43 Å². The van der Waals surface area contributed by atoms with E-state index in [1.54, 1.807) is 0 Å². The number of phenols is 1. The standard InChI is InChI=1S/C7H8O/c1-6-2-4-7(8)5-3-6/h2-5,8H,1H3/i1D3,2D,3D,4D,5D/hD. The van der Waals surface area contributed by atoms with Crippen molar-refractivity contribution in [3.8, 4) is 5.75 Å². The predicted molar refractivity (Wildman–Crippen MR) is 32.8 cm³/mol. The highest BCUT2D eigenvalue weighted by Gasteiger charge is 1.82. The van der Waals surface area contributed by atoms with Crippen LogP contribution in [0.15, 0.2) is 24.2 Å². The van der Waals surface area contributed by atoms with E-state index in [1.165, 1.54) is 0 Å². The maximum Gasteiger partial charge on any atom is 0.293 e. The average Bonchev–Trinajstić information content (AvgIpc) is 2.14. The Morgan fingerprint density at radius 3 is 2.88 bits per heavy atom. The summed E-state index contributed by atoms with van der Waals surface area (Å²) in [4.78, 5) is 0. The number of hydrogen-bond donors (Lipinski definition) is 1. The molecule has 1 aromatic rings. The van der Waals surface area contributed by atoms with Crippen LogP contribution in [-0.4, -0.2) is 6.54 Å². The predicted octanol–water partition coefficient (Wildman–Crippen LogP) is 1.70. The van der Waals surface area contributed by atoms with Gasteiger partial charge in [-0.15, -0.1) is 0 Å². The summed E-state index contributed by atoms with van der Waals surface area (Å²) >= 11 is 0. The van der Waals surface area contributed by atoms with E-state index in [4.69, 9.17) is 11.0 Å². The van der Waals surface area contributed by atoms with Crippen molar-refractivity contribution in [2.24, 2.45) is 0 Å². The lowest BCUT2D eigenvalue weighted by Gasteiger charge is -1.89. The van der Waals surface area contributed by atoms with Gasteiger partial charge >= 0.3 is 0 Å². The van der Waals surface area contributed by atoms with Crippen LogP contribution in [0.5, 0.6) is 5.75 Å². The molecule has 0 atom stereocenters. The lowest BCUT2D eigenvalue weighted by Crippen LogP contribution is -1.66. The molecule has 1 nitrogen and oxygen atoms in total. The molecule has 0 fully saturated rings. The lowest BCUT2D eigenvalue weighted by molar-refractivity contribution is 0.475. The molecule has 0 aliphatic carbocycles. The normalized spacial score (nSPS) is 24.5. The smallest absolute Gasteiger partial charge is 0.293 e. The van der Waals surface area contributed by atoms with Gasteiger partial charge in [0.15, 0.2) is 0 Å². The van der Waals surface area contributed by atoms with Gasteiger partial charge in [0.05, 0.1) is 5.48 Å². The summed E-state index contributed by atoms with van der Waals surface area (Å²) < 4.78 is 57.5. The first-order valence-corrected chi connectivity index (χ1v) is 1.95. The van der Waals surface area contributed by atoms with Gasteiger partial charge in [-0.25, -0.2) is 0 Å². The summed E-state index contributed by atoms with van der Waals surface area (Å²) in [6.07, 6.45) is 0. The van der Waals surface area contributed by atoms with Gasteiger partial charge in [0, 0.05) is 4.11 Å². The molecule has 0 aliphatic rings. The molecule has 42 valence electrons. The van der Waals surface area contributed by atoms with Gasteiger partial charge in [-0.2, -0.15) is 0 Å². The molecule has 0 saturated heterocycles. The van der Waals surface area contributed by atoms with Crippen molar-refractivity contribution in [3.63, 3.8) is 0 Å². The van der Waals surface area contributed by atoms with Crippen molar-refractivity contribution in [1.82, 2.24) is 0 Å². The van der Waals surface area contributed by atoms with Gasteiger partial charge in [-0.1, -0.05) is 17.6 Å². The monoisotopic (exact) mass is 116 g/mol. The van der Waals surface area contributed by atoms with Gasteiger partial charge < -0.3 is 5.11 Å². The van der Waals surface area contributed by atoms with Crippen molar-refractivity contribution in [3.05, 3.63) is 29.7 Å². The van der Waals surface area contributed by atoms with Crippen molar-refractivity contribution in [2.45, 2.75) is 6.85 Å². The minimum absolute atomic E-state index is 0.581. The van der Waals surface area contributed by atoms with Crippen molar-refractivity contribution in [2.75, 3.05) is 0 Å². The topological polar surface area (TPSA) is 20.2 Å². The zero-order chi connectivity index (χ0) is 12.7. The summed E-state index contributed by atoms with van der Waals surface area (Å²) in [6.45, 7) is -2.74. The fourth-order valence-corrected chi connectivity index (χ4v) is 0.301. The molecule has 0 radical (unpaired) electrons. The van der Waals surface area contributed by atoms with Crippen LogP contribution in [0.2, 0.25) is 0 Å². The zero-order valence-corrected chi connectivity index (χ0v) is 3.91. The van der Waals surface area contributed by atoms with Crippen molar-refractivity contribution < 1.29 is 14.7 Å². The Kier molecular flexibility index (Phi) is 0.263. The molecule has 0 aliphatic heterocycles. The largest absolute Gasteiger partial charge is 0.508 e.